The molecule has 0 spiro atoms. The fraction of sp³-hybridized carbons (Fsp3) is 0.917. The van der Waals surface area contributed by atoms with Crippen molar-refractivity contribution in [2.24, 2.45) is 17.6 Å². The van der Waals surface area contributed by atoms with E-state index in [0.29, 0.717) is 0 Å². The van der Waals surface area contributed by atoms with Gasteiger partial charge in [0.25, 0.3) is 0 Å². The van der Waals surface area contributed by atoms with Crippen molar-refractivity contribution in [2.75, 3.05) is 6.61 Å². The minimum Gasteiger partial charge on any atom is -0.396 e. The Morgan fingerprint density at radius 3 is 2.81 bits per heavy atom. The Bertz CT molecular complexity index is 233. The molecule has 1 aliphatic rings. The van der Waals surface area contributed by atoms with Crippen LogP contribution >= 0.6 is 0 Å². The predicted molar refractivity (Wildman–Crippen MR) is 63.8 cm³/mol. The molecule has 1 amide bonds. The van der Waals surface area contributed by atoms with Crippen molar-refractivity contribution in [3.05, 3.63) is 0 Å². The molecule has 0 aromatic rings. The molecule has 1 rings (SSSR count). The van der Waals surface area contributed by atoms with Crippen LogP contribution in [0.1, 0.15) is 39.5 Å². The second kappa shape index (κ2) is 6.21. The van der Waals surface area contributed by atoms with E-state index in [1.165, 1.54) is 0 Å². The monoisotopic (exact) mass is 228 g/mol. The topological polar surface area (TPSA) is 75.4 Å². The first kappa shape index (κ1) is 13.5. The molecule has 0 aromatic carbocycles. The van der Waals surface area contributed by atoms with Gasteiger partial charge in [0.1, 0.15) is 0 Å². The SMILES string of the molecule is CC[C@H](C)[C@H](N)C(=O)NC1CCCC1CO. The molecular formula is C12H24N2O2. The van der Waals surface area contributed by atoms with E-state index in [0.717, 1.165) is 25.7 Å². The van der Waals surface area contributed by atoms with Gasteiger partial charge in [-0.15, -0.1) is 0 Å². The van der Waals surface area contributed by atoms with Crippen molar-refractivity contribution >= 4 is 5.91 Å². The molecule has 0 bridgehead atoms. The zero-order chi connectivity index (χ0) is 12.1. The van der Waals surface area contributed by atoms with E-state index in [-0.39, 0.29) is 30.4 Å². The summed E-state index contributed by atoms with van der Waals surface area (Å²) in [5.41, 5.74) is 5.86. The number of nitrogens with one attached hydrogen (secondary N) is 1. The fourth-order valence-electron chi connectivity index (χ4n) is 2.24. The Balaban J connectivity index is 2.44. The molecule has 1 saturated carbocycles. The van der Waals surface area contributed by atoms with Gasteiger partial charge in [0, 0.05) is 18.6 Å². The molecule has 1 aliphatic carbocycles. The van der Waals surface area contributed by atoms with E-state index in [4.69, 9.17) is 10.8 Å². The summed E-state index contributed by atoms with van der Waals surface area (Å²) in [5, 5.41) is 12.1. The van der Waals surface area contributed by atoms with Crippen molar-refractivity contribution < 1.29 is 9.90 Å². The van der Waals surface area contributed by atoms with Gasteiger partial charge in [-0.25, -0.2) is 0 Å². The van der Waals surface area contributed by atoms with E-state index in [2.05, 4.69) is 5.32 Å². The maximum atomic E-state index is 11.8. The van der Waals surface area contributed by atoms with Crippen LogP contribution in [0, 0.1) is 11.8 Å². The van der Waals surface area contributed by atoms with Crippen LogP contribution in [0.4, 0.5) is 0 Å². The molecular weight excluding hydrogens is 204 g/mol. The number of rotatable bonds is 5. The zero-order valence-corrected chi connectivity index (χ0v) is 10.3. The first-order chi connectivity index (χ1) is 7.60. The third-order valence-corrected chi connectivity index (χ3v) is 3.78. The van der Waals surface area contributed by atoms with E-state index < -0.39 is 6.04 Å². The van der Waals surface area contributed by atoms with Crippen LogP contribution < -0.4 is 11.1 Å². The van der Waals surface area contributed by atoms with Crippen molar-refractivity contribution in [1.82, 2.24) is 5.32 Å². The zero-order valence-electron chi connectivity index (χ0n) is 10.3. The molecule has 16 heavy (non-hydrogen) atoms. The Labute approximate surface area is 97.6 Å². The number of hydrogen-bond donors (Lipinski definition) is 3. The summed E-state index contributed by atoms with van der Waals surface area (Å²) in [7, 11) is 0. The highest BCUT2D eigenvalue weighted by Gasteiger charge is 2.30. The molecule has 2 unspecified atom stereocenters. The highest BCUT2D eigenvalue weighted by atomic mass is 16.3. The molecule has 4 nitrogen and oxygen atoms in total. The number of aliphatic hydroxyl groups excluding tert-OH is 1. The average Bonchev–Trinajstić information content (AvgIpc) is 2.74. The molecule has 4 heteroatoms. The Morgan fingerprint density at radius 2 is 2.25 bits per heavy atom. The molecule has 0 aliphatic heterocycles. The number of carbonyl (C=O) groups excluding carboxylic acids is 1. The van der Waals surface area contributed by atoms with E-state index >= 15 is 0 Å². The maximum Gasteiger partial charge on any atom is 0.237 e. The normalized spacial score (nSPS) is 28.8. The van der Waals surface area contributed by atoms with Crippen LogP contribution in [0.25, 0.3) is 0 Å². The largest absolute Gasteiger partial charge is 0.396 e. The second-order valence-electron chi connectivity index (χ2n) is 4.90. The van der Waals surface area contributed by atoms with Crippen LogP contribution in [0.5, 0.6) is 0 Å². The Kier molecular flexibility index (Phi) is 5.22. The van der Waals surface area contributed by atoms with Gasteiger partial charge in [0.05, 0.1) is 6.04 Å². The molecule has 0 aromatic heterocycles. The Hall–Kier alpha value is -0.610. The third kappa shape index (κ3) is 3.19. The summed E-state index contributed by atoms with van der Waals surface area (Å²) in [6.45, 7) is 4.18. The lowest BCUT2D eigenvalue weighted by Gasteiger charge is -2.23. The van der Waals surface area contributed by atoms with Crippen molar-refractivity contribution in [1.29, 1.82) is 0 Å². The summed E-state index contributed by atoms with van der Waals surface area (Å²) >= 11 is 0. The van der Waals surface area contributed by atoms with Gasteiger partial charge in [0.15, 0.2) is 0 Å². The van der Waals surface area contributed by atoms with E-state index in [1.54, 1.807) is 0 Å². The molecule has 94 valence electrons. The van der Waals surface area contributed by atoms with Crippen LogP contribution in [0.15, 0.2) is 0 Å². The first-order valence-corrected chi connectivity index (χ1v) is 6.27. The molecule has 0 saturated heterocycles. The lowest BCUT2D eigenvalue weighted by atomic mass is 9.98. The lowest BCUT2D eigenvalue weighted by Crippen LogP contribution is -2.49. The van der Waals surface area contributed by atoms with Crippen LogP contribution in [-0.4, -0.2) is 29.7 Å². The van der Waals surface area contributed by atoms with Gasteiger partial charge < -0.3 is 16.2 Å². The molecule has 4 atom stereocenters. The number of aliphatic hydroxyl groups is 1. The van der Waals surface area contributed by atoms with Crippen molar-refractivity contribution in [3.8, 4) is 0 Å². The first-order valence-electron chi connectivity index (χ1n) is 6.27. The van der Waals surface area contributed by atoms with E-state index in [1.807, 2.05) is 13.8 Å². The molecule has 1 fully saturated rings. The quantitative estimate of drug-likeness (QED) is 0.646. The van der Waals surface area contributed by atoms with Gasteiger partial charge >= 0.3 is 0 Å². The number of carbonyl (C=O) groups is 1. The number of nitrogens with two attached hydrogens (primary N) is 1. The summed E-state index contributed by atoms with van der Waals surface area (Å²) in [6, 6.07) is -0.308. The van der Waals surface area contributed by atoms with Gasteiger partial charge in [-0.2, -0.15) is 0 Å². The minimum atomic E-state index is -0.426. The van der Waals surface area contributed by atoms with Gasteiger partial charge in [-0.05, 0) is 18.8 Å². The predicted octanol–water partition coefficient (Wildman–Crippen LogP) is 0.637. The van der Waals surface area contributed by atoms with Crippen LogP contribution in [-0.2, 0) is 4.79 Å². The van der Waals surface area contributed by atoms with Crippen molar-refractivity contribution in [3.63, 3.8) is 0 Å². The van der Waals surface area contributed by atoms with Crippen LogP contribution in [0.2, 0.25) is 0 Å². The molecule has 4 N–H and O–H groups in total. The van der Waals surface area contributed by atoms with Crippen molar-refractivity contribution in [2.45, 2.75) is 51.6 Å². The van der Waals surface area contributed by atoms with Gasteiger partial charge in [0.2, 0.25) is 5.91 Å². The van der Waals surface area contributed by atoms with E-state index in [9.17, 15) is 4.79 Å². The van der Waals surface area contributed by atoms with Gasteiger partial charge in [-0.1, -0.05) is 26.7 Å². The fourth-order valence-corrected chi connectivity index (χ4v) is 2.24. The Morgan fingerprint density at radius 1 is 1.56 bits per heavy atom. The van der Waals surface area contributed by atoms with Gasteiger partial charge in [-0.3, -0.25) is 4.79 Å². The molecule has 0 heterocycles. The summed E-state index contributed by atoms with van der Waals surface area (Å²) in [4.78, 5) is 11.8. The minimum absolute atomic E-state index is 0.0697. The standard InChI is InChI=1S/C12H24N2O2/c1-3-8(2)11(13)12(16)14-10-6-4-5-9(10)7-15/h8-11,15H,3-7,13H2,1-2H3,(H,14,16)/t8-,9?,10?,11-/m0/s1. The highest BCUT2D eigenvalue weighted by molar-refractivity contribution is 5.82. The smallest absolute Gasteiger partial charge is 0.237 e. The molecule has 0 radical (unpaired) electrons. The lowest BCUT2D eigenvalue weighted by molar-refractivity contribution is -0.124. The highest BCUT2D eigenvalue weighted by Crippen LogP contribution is 2.25. The maximum absolute atomic E-state index is 11.8. The summed E-state index contributed by atoms with van der Waals surface area (Å²) in [5.74, 6) is 0.349. The summed E-state index contributed by atoms with van der Waals surface area (Å²) in [6.07, 6.45) is 3.95. The number of hydrogen-bond acceptors (Lipinski definition) is 3. The number of amides is 1. The average molecular weight is 228 g/mol. The second-order valence-corrected chi connectivity index (χ2v) is 4.90. The third-order valence-electron chi connectivity index (χ3n) is 3.78. The summed E-state index contributed by atoms with van der Waals surface area (Å²) < 4.78 is 0. The van der Waals surface area contributed by atoms with Crippen LogP contribution in [0.3, 0.4) is 0 Å².